The van der Waals surface area contributed by atoms with Crippen molar-refractivity contribution < 1.29 is 13.9 Å². The number of hydrogen-bond donors (Lipinski definition) is 1. The first-order valence-electron chi connectivity index (χ1n) is 6.20. The maximum Gasteiger partial charge on any atom is 0.327 e. The molecule has 100 valence electrons. The number of esters is 1. The molecule has 1 rings (SSSR count). The molecular formula is C14H20FNO2. The van der Waals surface area contributed by atoms with Crippen molar-refractivity contribution in [3.63, 3.8) is 0 Å². The number of carbonyl (C=O) groups excluding carboxylic acids is 1. The maximum absolute atomic E-state index is 13.2. The topological polar surface area (TPSA) is 38.3 Å². The molecule has 0 aliphatic carbocycles. The average molecular weight is 253 g/mol. The molecule has 0 aliphatic rings. The van der Waals surface area contributed by atoms with E-state index < -0.39 is 6.04 Å². The van der Waals surface area contributed by atoms with E-state index in [0.29, 0.717) is 24.6 Å². The molecule has 0 aliphatic heterocycles. The van der Waals surface area contributed by atoms with Gasteiger partial charge in [-0.1, -0.05) is 26.0 Å². The van der Waals surface area contributed by atoms with Crippen LogP contribution in [0.3, 0.4) is 0 Å². The highest BCUT2D eigenvalue weighted by Gasteiger charge is 2.21. The Bertz CT molecular complexity index is 393. The summed E-state index contributed by atoms with van der Waals surface area (Å²) in [5.74, 6) is -0.326. The molecule has 1 aromatic carbocycles. The van der Waals surface area contributed by atoms with Gasteiger partial charge in [-0.3, -0.25) is 0 Å². The zero-order chi connectivity index (χ0) is 13.5. The van der Waals surface area contributed by atoms with Crippen LogP contribution >= 0.6 is 0 Å². The van der Waals surface area contributed by atoms with Crippen LogP contribution in [0.5, 0.6) is 0 Å². The minimum Gasteiger partial charge on any atom is -0.465 e. The van der Waals surface area contributed by atoms with Gasteiger partial charge in [-0.2, -0.15) is 0 Å². The molecule has 0 saturated carbocycles. The normalized spacial score (nSPS) is 12.5. The Kier molecular flexibility index (Phi) is 5.78. The molecular weight excluding hydrogens is 233 g/mol. The fourth-order valence-corrected chi connectivity index (χ4v) is 1.60. The van der Waals surface area contributed by atoms with Crippen molar-refractivity contribution in [3.05, 3.63) is 35.6 Å². The summed E-state index contributed by atoms with van der Waals surface area (Å²) in [5, 5.41) is 3.11. The lowest BCUT2D eigenvalue weighted by atomic mass is 10.1. The van der Waals surface area contributed by atoms with E-state index in [0.717, 1.165) is 0 Å². The Labute approximate surface area is 107 Å². The van der Waals surface area contributed by atoms with Crippen LogP contribution in [0.15, 0.2) is 24.3 Å². The summed E-state index contributed by atoms with van der Waals surface area (Å²) in [6, 6.07) is 5.41. The third-order valence-corrected chi connectivity index (χ3v) is 2.43. The molecule has 18 heavy (non-hydrogen) atoms. The molecule has 1 atom stereocenters. The number of ether oxygens (including phenoxy) is 1. The Hall–Kier alpha value is -1.42. The maximum atomic E-state index is 13.2. The lowest BCUT2D eigenvalue weighted by Crippen LogP contribution is -2.32. The molecule has 0 amide bonds. The number of hydrogen-bond acceptors (Lipinski definition) is 3. The van der Waals surface area contributed by atoms with Gasteiger partial charge >= 0.3 is 5.97 Å². The predicted molar refractivity (Wildman–Crippen MR) is 68.6 cm³/mol. The molecule has 0 heterocycles. The molecule has 0 aromatic heterocycles. The molecule has 0 bridgehead atoms. The fourth-order valence-electron chi connectivity index (χ4n) is 1.60. The van der Waals surface area contributed by atoms with Crippen molar-refractivity contribution in [2.24, 2.45) is 5.92 Å². The summed E-state index contributed by atoms with van der Waals surface area (Å²) in [6.07, 6.45) is 0. The van der Waals surface area contributed by atoms with Gasteiger partial charge in [0.2, 0.25) is 0 Å². The van der Waals surface area contributed by atoms with Crippen molar-refractivity contribution in [1.82, 2.24) is 5.32 Å². The Morgan fingerprint density at radius 3 is 2.72 bits per heavy atom. The third kappa shape index (κ3) is 4.45. The number of nitrogens with one attached hydrogen (secondary N) is 1. The van der Waals surface area contributed by atoms with Crippen molar-refractivity contribution in [2.75, 3.05) is 13.2 Å². The molecule has 0 saturated heterocycles. The number of halogens is 1. The molecule has 1 N–H and O–H groups in total. The first kappa shape index (κ1) is 14.6. The second-order valence-electron chi connectivity index (χ2n) is 4.54. The van der Waals surface area contributed by atoms with Crippen LogP contribution in [-0.4, -0.2) is 19.1 Å². The van der Waals surface area contributed by atoms with Crippen molar-refractivity contribution >= 4 is 5.97 Å². The smallest absolute Gasteiger partial charge is 0.327 e. The van der Waals surface area contributed by atoms with E-state index in [2.05, 4.69) is 5.32 Å². The van der Waals surface area contributed by atoms with Crippen LogP contribution in [0.25, 0.3) is 0 Å². The number of rotatable bonds is 6. The van der Waals surface area contributed by atoms with Gasteiger partial charge in [0.15, 0.2) is 0 Å². The average Bonchev–Trinajstić information content (AvgIpc) is 2.29. The lowest BCUT2D eigenvalue weighted by molar-refractivity contribution is -0.145. The second kappa shape index (κ2) is 7.11. The minimum atomic E-state index is -0.608. The summed E-state index contributed by atoms with van der Waals surface area (Å²) < 4.78 is 18.2. The zero-order valence-electron chi connectivity index (χ0n) is 11.1. The predicted octanol–water partition coefficient (Wildman–Crippen LogP) is 2.68. The van der Waals surface area contributed by atoms with E-state index in [1.54, 1.807) is 19.1 Å². The van der Waals surface area contributed by atoms with Crippen LogP contribution < -0.4 is 5.32 Å². The molecule has 0 spiro atoms. The molecule has 3 nitrogen and oxygen atoms in total. The summed E-state index contributed by atoms with van der Waals surface area (Å²) >= 11 is 0. The van der Waals surface area contributed by atoms with Gasteiger partial charge in [-0.25, -0.2) is 9.18 Å². The summed E-state index contributed by atoms with van der Waals surface area (Å²) in [6.45, 7) is 6.82. The molecule has 1 aromatic rings. The SMILES string of the molecule is CCOC(=O)C(NCC(C)C)c1cccc(F)c1. The van der Waals surface area contributed by atoms with E-state index in [-0.39, 0.29) is 11.8 Å². The van der Waals surface area contributed by atoms with Crippen LogP contribution in [0.2, 0.25) is 0 Å². The van der Waals surface area contributed by atoms with E-state index in [9.17, 15) is 9.18 Å². The van der Waals surface area contributed by atoms with Gasteiger partial charge < -0.3 is 10.1 Å². The first-order chi connectivity index (χ1) is 8.54. The molecule has 4 heteroatoms. The highest BCUT2D eigenvalue weighted by molar-refractivity contribution is 5.77. The third-order valence-electron chi connectivity index (χ3n) is 2.43. The summed E-state index contributed by atoms with van der Waals surface area (Å²) in [4.78, 5) is 11.9. The fraction of sp³-hybridized carbons (Fsp3) is 0.500. The highest BCUT2D eigenvalue weighted by Crippen LogP contribution is 2.16. The van der Waals surface area contributed by atoms with Crippen LogP contribution in [0, 0.1) is 11.7 Å². The minimum absolute atomic E-state index is 0.313. The Morgan fingerprint density at radius 2 is 2.17 bits per heavy atom. The lowest BCUT2D eigenvalue weighted by Gasteiger charge is -2.19. The van der Waals surface area contributed by atoms with E-state index in [4.69, 9.17) is 4.74 Å². The van der Waals surface area contributed by atoms with Gasteiger partial charge in [-0.05, 0) is 37.1 Å². The largest absolute Gasteiger partial charge is 0.465 e. The molecule has 1 unspecified atom stereocenters. The Balaban J connectivity index is 2.85. The number of benzene rings is 1. The number of carbonyl (C=O) groups is 1. The molecule has 0 radical (unpaired) electrons. The summed E-state index contributed by atoms with van der Waals surface area (Å²) in [5.41, 5.74) is 0.592. The zero-order valence-corrected chi connectivity index (χ0v) is 11.1. The van der Waals surface area contributed by atoms with Crippen molar-refractivity contribution in [3.8, 4) is 0 Å². The van der Waals surface area contributed by atoms with Crippen LogP contribution in [0.1, 0.15) is 32.4 Å². The molecule has 0 fully saturated rings. The van der Waals surface area contributed by atoms with Gasteiger partial charge in [0.25, 0.3) is 0 Å². The first-order valence-corrected chi connectivity index (χ1v) is 6.20. The standard InChI is InChI=1S/C14H20FNO2/c1-4-18-14(17)13(16-9-10(2)3)11-6-5-7-12(15)8-11/h5-8,10,13,16H,4,9H2,1-3H3. The van der Waals surface area contributed by atoms with E-state index in [1.165, 1.54) is 12.1 Å². The van der Waals surface area contributed by atoms with Crippen molar-refractivity contribution in [2.45, 2.75) is 26.8 Å². The van der Waals surface area contributed by atoms with Crippen LogP contribution in [-0.2, 0) is 9.53 Å². The quantitative estimate of drug-likeness (QED) is 0.792. The van der Waals surface area contributed by atoms with Gasteiger partial charge in [0.05, 0.1) is 6.61 Å². The van der Waals surface area contributed by atoms with E-state index >= 15 is 0 Å². The highest BCUT2D eigenvalue weighted by atomic mass is 19.1. The summed E-state index contributed by atoms with van der Waals surface area (Å²) in [7, 11) is 0. The second-order valence-corrected chi connectivity index (χ2v) is 4.54. The Morgan fingerprint density at radius 1 is 1.44 bits per heavy atom. The van der Waals surface area contributed by atoms with Crippen LogP contribution in [0.4, 0.5) is 4.39 Å². The monoisotopic (exact) mass is 253 g/mol. The van der Waals surface area contributed by atoms with Gasteiger partial charge in [0.1, 0.15) is 11.9 Å². The van der Waals surface area contributed by atoms with Crippen molar-refractivity contribution in [1.29, 1.82) is 0 Å². The van der Waals surface area contributed by atoms with Gasteiger partial charge in [-0.15, -0.1) is 0 Å². The van der Waals surface area contributed by atoms with E-state index in [1.807, 2.05) is 13.8 Å². The van der Waals surface area contributed by atoms with Gasteiger partial charge in [0, 0.05) is 0 Å².